The lowest BCUT2D eigenvalue weighted by molar-refractivity contribution is -0.341. The fraction of sp³-hybridized carbons (Fsp3) is 0.714. The molecule has 0 spiro atoms. The topological polar surface area (TPSA) is 222 Å². The molecular weight excluding hydrogens is 618 g/mol. The summed E-state index contributed by atoms with van der Waals surface area (Å²) in [7, 11) is -8.39. The van der Waals surface area contributed by atoms with E-state index in [1.54, 1.807) is 0 Å². The van der Waals surface area contributed by atoms with Crippen LogP contribution < -0.4 is 30.5 Å². The lowest BCUT2D eigenvalue weighted by Crippen LogP contribution is -2.25. The number of ether oxygens (including phenoxy) is 3. The molecule has 0 aliphatic rings. The number of benzene rings is 1. The van der Waals surface area contributed by atoms with Gasteiger partial charge in [0.1, 0.15) is 26.6 Å². The minimum Gasteiger partial charge on any atom is -0.790 e. The largest absolute Gasteiger partial charge is 0.790 e. The van der Waals surface area contributed by atoms with Crippen LogP contribution in [0.15, 0.2) is 12.1 Å². The quantitative estimate of drug-likeness (QED) is 0.0787. The van der Waals surface area contributed by atoms with E-state index in [1.807, 2.05) is 32.9 Å². The third kappa shape index (κ3) is 25.5. The van der Waals surface area contributed by atoms with Crippen LogP contribution in [-0.4, -0.2) is 58.2 Å². The van der Waals surface area contributed by atoms with Crippen molar-refractivity contribution in [3.63, 3.8) is 0 Å². The first-order valence-electron chi connectivity index (χ1n) is 14.8. The zero-order chi connectivity index (χ0) is 33.4. The van der Waals surface area contributed by atoms with Crippen LogP contribution in [0.5, 0.6) is 5.75 Å². The molecule has 1 aromatic rings. The number of esters is 1. The number of nitrogens with one attached hydrogen (secondary N) is 1. The number of carbonyl (C=O) groups excluding carboxylic acids is 2. The van der Waals surface area contributed by atoms with Gasteiger partial charge in [-0.3, -0.25) is 0 Å². The lowest BCUT2D eigenvalue weighted by atomic mass is 10.1. The Morgan fingerprint density at radius 2 is 1.43 bits per heavy atom. The molecule has 14 nitrogen and oxygen atoms in total. The van der Waals surface area contributed by atoms with Crippen LogP contribution in [0.3, 0.4) is 0 Å². The van der Waals surface area contributed by atoms with E-state index in [0.29, 0.717) is 38.3 Å². The van der Waals surface area contributed by atoms with Gasteiger partial charge in [0.2, 0.25) is 0 Å². The van der Waals surface area contributed by atoms with Gasteiger partial charge in [0, 0.05) is 19.8 Å². The first-order chi connectivity index (χ1) is 20.7. The smallest absolute Gasteiger partial charge is 0.407 e. The monoisotopic (exact) mass is 667 g/mol. The number of nitrogens with two attached hydrogens (primary N) is 1. The summed E-state index contributed by atoms with van der Waals surface area (Å²) >= 11 is 0. The van der Waals surface area contributed by atoms with Gasteiger partial charge in [0.25, 0.3) is 0 Å². The summed E-state index contributed by atoms with van der Waals surface area (Å²) in [5.41, 5.74) is 7.57. The third-order valence-corrected chi connectivity index (χ3v) is 6.84. The standard InChI is InChI=1S/C22H36NO8P.C6H16NO4P/c1-5-11-28-16-20(24)31-21-17(2)13-19(14-18(21)3)15-29-22(25)23-10-8-6-7-9-12-30-32(4,26)27;7-5-3-1-2-4-6-11-12(8,9)10/h13-14H,5-12,15-16H2,1-4H3,(H,23,25)(H,26,27);1-7H2,(H2,8,9,10)/p-3. The van der Waals surface area contributed by atoms with E-state index in [-0.39, 0.29) is 26.4 Å². The number of hydrogen-bond donors (Lipinski definition) is 2. The third-order valence-electron chi connectivity index (χ3n) is 5.69. The van der Waals surface area contributed by atoms with Crippen LogP contribution in [0, 0.1) is 13.8 Å². The second kappa shape index (κ2) is 24.4. The number of unbranched alkanes of at least 4 members (excludes halogenated alkanes) is 6. The predicted molar refractivity (Wildman–Crippen MR) is 160 cm³/mol. The average molecular weight is 668 g/mol. The van der Waals surface area contributed by atoms with Crippen molar-refractivity contribution in [2.24, 2.45) is 5.73 Å². The summed E-state index contributed by atoms with van der Waals surface area (Å²) < 4.78 is 45.4. The Morgan fingerprint density at radius 1 is 0.864 bits per heavy atom. The van der Waals surface area contributed by atoms with Gasteiger partial charge in [0.05, 0.1) is 21.0 Å². The Hall–Kier alpha value is -1.86. The molecule has 3 N–H and O–H groups in total. The lowest BCUT2D eigenvalue weighted by Gasteiger charge is -2.28. The normalized spacial score (nSPS) is 12.5. The van der Waals surface area contributed by atoms with E-state index in [4.69, 9.17) is 24.5 Å². The fourth-order valence-electron chi connectivity index (χ4n) is 3.71. The van der Waals surface area contributed by atoms with Crippen molar-refractivity contribution < 1.29 is 56.7 Å². The van der Waals surface area contributed by atoms with Crippen molar-refractivity contribution >= 4 is 27.5 Å². The maximum absolute atomic E-state index is 11.9. The van der Waals surface area contributed by atoms with Gasteiger partial charge in [0.15, 0.2) is 0 Å². The molecule has 0 fully saturated rings. The van der Waals surface area contributed by atoms with E-state index in [2.05, 4.69) is 9.84 Å². The molecule has 1 rings (SSSR count). The van der Waals surface area contributed by atoms with E-state index >= 15 is 0 Å². The number of rotatable bonds is 22. The van der Waals surface area contributed by atoms with Crippen LogP contribution in [-0.2, 0) is 39.1 Å². The Morgan fingerprint density at radius 3 is 1.98 bits per heavy atom. The minimum absolute atomic E-state index is 0.00511. The van der Waals surface area contributed by atoms with Crippen molar-refractivity contribution in [3.8, 4) is 5.75 Å². The highest BCUT2D eigenvalue weighted by atomic mass is 31.2. The Labute approximate surface area is 261 Å². The van der Waals surface area contributed by atoms with Crippen LogP contribution in [0.1, 0.15) is 81.4 Å². The SMILES string of the molecule is CCCOCC(=O)Oc1c(C)cc(COC(=O)NCCCCCCOP(C)(=O)[O-])cc1C.NCCCCCCOP(=O)([O-])[O-]. The molecule has 0 heterocycles. The van der Waals surface area contributed by atoms with Gasteiger partial charge in [-0.2, -0.15) is 0 Å². The second-order valence-electron chi connectivity index (χ2n) is 10.1. The Balaban J connectivity index is 0.00000129. The summed E-state index contributed by atoms with van der Waals surface area (Å²) in [6.45, 7) is 8.49. The molecule has 0 aliphatic carbocycles. The van der Waals surface area contributed by atoms with E-state index in [0.717, 1.165) is 68.3 Å². The van der Waals surface area contributed by atoms with Gasteiger partial charge in [-0.15, -0.1) is 0 Å². The number of carbonyl (C=O) groups is 2. The zero-order valence-electron chi connectivity index (χ0n) is 26.3. The van der Waals surface area contributed by atoms with Crippen molar-refractivity contribution in [1.82, 2.24) is 5.32 Å². The first-order valence-corrected chi connectivity index (χ1v) is 18.2. The van der Waals surface area contributed by atoms with Gasteiger partial charge < -0.3 is 58.1 Å². The van der Waals surface area contributed by atoms with E-state index < -0.39 is 27.5 Å². The summed E-state index contributed by atoms with van der Waals surface area (Å²) in [5, 5.41) is 2.69. The summed E-state index contributed by atoms with van der Waals surface area (Å²) in [6, 6.07) is 3.63. The van der Waals surface area contributed by atoms with Crippen LogP contribution in [0.2, 0.25) is 0 Å². The predicted octanol–water partition coefficient (Wildman–Crippen LogP) is 2.97. The number of hydrogen-bond acceptors (Lipinski definition) is 13. The first kappa shape index (κ1) is 42.1. The molecule has 1 amide bonds. The van der Waals surface area contributed by atoms with Gasteiger partial charge >= 0.3 is 12.1 Å². The number of alkyl carbamates (subject to hydrolysis) is 1. The number of phosphoric ester groups is 1. The number of amides is 1. The highest BCUT2D eigenvalue weighted by molar-refractivity contribution is 7.50. The molecule has 0 bridgehead atoms. The number of aryl methyl sites for hydroxylation is 2. The maximum atomic E-state index is 11.9. The molecule has 0 aromatic heterocycles. The molecule has 0 saturated carbocycles. The van der Waals surface area contributed by atoms with E-state index in [1.165, 1.54) is 0 Å². The van der Waals surface area contributed by atoms with Gasteiger partial charge in [-0.25, -0.2) is 9.59 Å². The summed E-state index contributed by atoms with van der Waals surface area (Å²) in [6.07, 6.45) is 6.70. The Bertz CT molecular complexity index is 1020. The average Bonchev–Trinajstić information content (AvgIpc) is 2.92. The van der Waals surface area contributed by atoms with Crippen LogP contribution in [0.25, 0.3) is 0 Å². The molecule has 44 heavy (non-hydrogen) atoms. The zero-order valence-corrected chi connectivity index (χ0v) is 28.1. The van der Waals surface area contributed by atoms with Gasteiger partial charge in [-0.05, 0) is 81.3 Å². The van der Waals surface area contributed by atoms with Gasteiger partial charge in [-0.1, -0.05) is 32.6 Å². The molecule has 0 saturated heterocycles. The van der Waals surface area contributed by atoms with E-state index in [9.17, 15) is 33.4 Å². The van der Waals surface area contributed by atoms with Crippen molar-refractivity contribution in [3.05, 3.63) is 28.8 Å². The second-order valence-corrected chi connectivity index (χ2v) is 13.0. The molecule has 1 aromatic carbocycles. The van der Waals surface area contributed by atoms with Crippen LogP contribution in [0.4, 0.5) is 4.79 Å². The molecule has 0 radical (unpaired) electrons. The number of phosphoric acid groups is 1. The highest BCUT2D eigenvalue weighted by Crippen LogP contribution is 2.31. The molecule has 0 aliphatic heterocycles. The summed E-state index contributed by atoms with van der Waals surface area (Å²) in [5.74, 6) is 0.0435. The van der Waals surface area contributed by atoms with Crippen molar-refractivity contribution in [2.75, 3.05) is 46.2 Å². The summed E-state index contributed by atoms with van der Waals surface area (Å²) in [4.78, 5) is 54.5. The van der Waals surface area contributed by atoms with Crippen LogP contribution >= 0.6 is 15.4 Å². The molecular formula is C28H49N2O12P2-3. The van der Waals surface area contributed by atoms with Crippen molar-refractivity contribution in [2.45, 2.75) is 85.2 Å². The molecule has 1 atom stereocenters. The fourth-order valence-corrected chi connectivity index (χ4v) is 4.52. The molecule has 1 unspecified atom stereocenters. The van der Waals surface area contributed by atoms with Crippen molar-refractivity contribution in [1.29, 1.82) is 0 Å². The minimum atomic E-state index is -4.75. The molecule has 256 valence electrons. The Kier molecular flexibility index (Phi) is 23.4. The highest BCUT2D eigenvalue weighted by Gasteiger charge is 2.13. The maximum Gasteiger partial charge on any atom is 0.407 e. The molecule has 16 heteroatoms.